The number of hydrogen-bond acceptors (Lipinski definition) is 6. The van der Waals surface area contributed by atoms with Crippen LogP contribution in [-0.4, -0.2) is 66.1 Å². The van der Waals surface area contributed by atoms with Crippen LogP contribution in [-0.2, 0) is 24.0 Å². The second-order valence-corrected chi connectivity index (χ2v) is 14.7. The Kier molecular flexibility index (Phi) is 43.4. The van der Waals surface area contributed by atoms with Crippen LogP contribution in [0.1, 0.15) is 232 Å². The third-order valence-corrected chi connectivity index (χ3v) is 9.27. The number of hydrogen-bond donors (Lipinski definition) is 6. The first kappa shape index (κ1) is 54.7. The van der Waals surface area contributed by atoms with E-state index in [4.69, 9.17) is 30.6 Å². The van der Waals surface area contributed by atoms with E-state index in [1.54, 1.807) is 0 Å². The van der Waals surface area contributed by atoms with Crippen LogP contribution in [0.5, 0.6) is 0 Å². The molecule has 0 spiro atoms. The minimum atomic E-state index is -2.74. The first-order valence-corrected chi connectivity index (χ1v) is 21.1. The average molecular weight is 761 g/mol. The molecule has 0 rings (SSSR count). The minimum absolute atomic E-state index is 0.345. The van der Waals surface area contributed by atoms with Crippen molar-refractivity contribution < 1.29 is 54.6 Å². The first-order valence-electron chi connectivity index (χ1n) is 21.1. The molecule has 6 N–H and O–H groups in total. The van der Waals surface area contributed by atoms with Crippen molar-refractivity contribution in [1.29, 1.82) is 0 Å². The van der Waals surface area contributed by atoms with Crippen molar-refractivity contribution in [3.05, 3.63) is 0 Å². The van der Waals surface area contributed by atoms with Gasteiger partial charge in [-0.05, 0) is 12.8 Å². The molecule has 0 aromatic rings. The predicted octanol–water partition coefficient (Wildman–Crippen LogP) is 11.4. The predicted molar refractivity (Wildman–Crippen MR) is 211 cm³/mol. The molecule has 0 aliphatic carbocycles. The van der Waals surface area contributed by atoms with Gasteiger partial charge in [-0.15, -0.1) is 0 Å². The Bertz CT molecular complexity index is 815. The van der Waals surface area contributed by atoms with Crippen LogP contribution in [0.3, 0.4) is 0 Å². The summed E-state index contributed by atoms with van der Waals surface area (Å²) in [4.78, 5) is 51.2. The van der Waals surface area contributed by atoms with E-state index in [1.165, 1.54) is 167 Å². The molecule has 0 heterocycles. The van der Waals surface area contributed by atoms with Crippen molar-refractivity contribution in [3.63, 3.8) is 0 Å². The molecule has 11 heteroatoms. The molecule has 0 bridgehead atoms. The first-order chi connectivity index (χ1) is 25.3. The smallest absolute Gasteiger partial charge is 0.336 e. The quantitative estimate of drug-likeness (QED) is 0.0328. The van der Waals surface area contributed by atoms with Gasteiger partial charge in [0, 0.05) is 12.8 Å². The highest BCUT2D eigenvalue weighted by atomic mass is 16.4. The van der Waals surface area contributed by atoms with E-state index in [0.717, 1.165) is 25.7 Å². The Morgan fingerprint density at radius 2 is 0.509 bits per heavy atom. The van der Waals surface area contributed by atoms with E-state index in [2.05, 4.69) is 13.8 Å². The maximum Gasteiger partial charge on any atom is 0.336 e. The van der Waals surface area contributed by atoms with Crippen LogP contribution < -0.4 is 0 Å². The number of aliphatic hydroxyl groups is 1. The molecule has 11 nitrogen and oxygen atoms in total. The SMILES string of the molecule is CCCCCCCCCCCCCCCCCC(=O)O.CCCCCCCCCCCCCCCCCC(=O)O.O=C(O)CC(O)(CC(=O)O)C(=O)O. The molecule has 314 valence electrons. The van der Waals surface area contributed by atoms with E-state index < -0.39 is 48.3 Å². The van der Waals surface area contributed by atoms with Gasteiger partial charge in [-0.2, -0.15) is 0 Å². The summed E-state index contributed by atoms with van der Waals surface area (Å²) in [5.41, 5.74) is -2.74. The van der Waals surface area contributed by atoms with E-state index in [0.29, 0.717) is 12.8 Å². The summed E-state index contributed by atoms with van der Waals surface area (Å²) in [6.07, 6.45) is 38.1. The van der Waals surface area contributed by atoms with Gasteiger partial charge in [-0.1, -0.05) is 194 Å². The highest BCUT2D eigenvalue weighted by Crippen LogP contribution is 2.17. The van der Waals surface area contributed by atoms with Crippen LogP contribution in [0, 0.1) is 0 Å². The lowest BCUT2D eigenvalue weighted by atomic mass is 9.96. The number of carboxylic acids is 5. The highest BCUT2D eigenvalue weighted by Gasteiger charge is 2.40. The summed E-state index contributed by atoms with van der Waals surface area (Å²) in [5, 5.41) is 50.8. The topological polar surface area (TPSA) is 207 Å². The Balaban J connectivity index is -0.000000726. The normalized spacial score (nSPS) is 10.8. The molecule has 0 unspecified atom stereocenters. The maximum atomic E-state index is 10.3. The fourth-order valence-corrected chi connectivity index (χ4v) is 6.01. The molecular formula is C42H80O11. The van der Waals surface area contributed by atoms with Crippen LogP contribution >= 0.6 is 0 Å². The average Bonchev–Trinajstić information content (AvgIpc) is 3.08. The monoisotopic (exact) mass is 761 g/mol. The summed E-state index contributed by atoms with van der Waals surface area (Å²) in [6.45, 7) is 4.54. The molecule has 0 aromatic heterocycles. The van der Waals surface area contributed by atoms with Crippen molar-refractivity contribution in [1.82, 2.24) is 0 Å². The van der Waals surface area contributed by atoms with Crippen molar-refractivity contribution in [2.24, 2.45) is 0 Å². The lowest BCUT2D eigenvalue weighted by Crippen LogP contribution is -2.42. The molecule has 0 aliphatic heterocycles. The van der Waals surface area contributed by atoms with Gasteiger partial charge in [0.2, 0.25) is 0 Å². The van der Waals surface area contributed by atoms with E-state index in [-0.39, 0.29) is 0 Å². The number of carbonyl (C=O) groups is 5. The van der Waals surface area contributed by atoms with Gasteiger partial charge in [0.05, 0.1) is 12.8 Å². The van der Waals surface area contributed by atoms with E-state index in [1.807, 2.05) is 0 Å². The number of aliphatic carboxylic acids is 5. The lowest BCUT2D eigenvalue weighted by molar-refractivity contribution is -0.170. The largest absolute Gasteiger partial charge is 0.481 e. The fraction of sp³-hybridized carbons (Fsp3) is 0.881. The second-order valence-electron chi connectivity index (χ2n) is 14.7. The molecule has 0 aliphatic rings. The molecule has 0 saturated carbocycles. The van der Waals surface area contributed by atoms with E-state index >= 15 is 0 Å². The van der Waals surface area contributed by atoms with Crippen molar-refractivity contribution in [3.8, 4) is 0 Å². The van der Waals surface area contributed by atoms with Crippen LogP contribution in [0.15, 0.2) is 0 Å². The second kappa shape index (κ2) is 42.1. The highest BCUT2D eigenvalue weighted by molar-refractivity contribution is 5.88. The Hall–Kier alpha value is -2.69. The van der Waals surface area contributed by atoms with Crippen molar-refractivity contribution in [2.75, 3.05) is 0 Å². The zero-order chi connectivity index (χ0) is 40.4. The number of rotatable bonds is 37. The van der Waals surface area contributed by atoms with Gasteiger partial charge in [0.15, 0.2) is 5.60 Å². The van der Waals surface area contributed by atoms with Gasteiger partial charge in [0.1, 0.15) is 0 Å². The summed E-state index contributed by atoms with van der Waals surface area (Å²) in [6, 6.07) is 0. The van der Waals surface area contributed by atoms with Gasteiger partial charge < -0.3 is 30.6 Å². The molecule has 53 heavy (non-hydrogen) atoms. The third-order valence-electron chi connectivity index (χ3n) is 9.27. The van der Waals surface area contributed by atoms with Gasteiger partial charge in [0.25, 0.3) is 0 Å². The Labute approximate surface area is 321 Å². The minimum Gasteiger partial charge on any atom is -0.481 e. The fourth-order valence-electron chi connectivity index (χ4n) is 6.01. The summed E-state index contributed by atoms with van der Waals surface area (Å²) in [5.74, 6) is -6.33. The van der Waals surface area contributed by atoms with Crippen LogP contribution in [0.2, 0.25) is 0 Å². The molecule has 0 fully saturated rings. The molecule has 0 atom stereocenters. The summed E-state index contributed by atoms with van der Waals surface area (Å²) in [7, 11) is 0. The molecule has 0 saturated heterocycles. The maximum absolute atomic E-state index is 10.3. The standard InChI is InChI=1S/2C18H36O2.C6H8O7/c2*1-2-3-4-5-6-7-8-9-10-11-12-13-14-15-16-17-18(19)20;7-3(8)1-6(13,5(11)12)2-4(9)10/h2*2-17H2,1H3,(H,19,20);13H,1-2H2,(H,7,8)(H,9,10)(H,11,12). The zero-order valence-corrected chi connectivity index (χ0v) is 33.8. The van der Waals surface area contributed by atoms with Crippen molar-refractivity contribution in [2.45, 2.75) is 238 Å². The van der Waals surface area contributed by atoms with E-state index in [9.17, 15) is 24.0 Å². The zero-order valence-electron chi connectivity index (χ0n) is 33.8. The summed E-state index contributed by atoms with van der Waals surface area (Å²) >= 11 is 0. The third kappa shape index (κ3) is 49.3. The lowest BCUT2D eigenvalue weighted by Gasteiger charge is -2.18. The Morgan fingerprint density at radius 3 is 0.660 bits per heavy atom. The number of unbranched alkanes of at least 4 members (excludes halogenated alkanes) is 28. The van der Waals surface area contributed by atoms with Gasteiger partial charge in [-0.25, -0.2) is 4.79 Å². The van der Waals surface area contributed by atoms with Crippen molar-refractivity contribution >= 4 is 29.8 Å². The Morgan fingerprint density at radius 1 is 0.321 bits per heavy atom. The summed E-state index contributed by atoms with van der Waals surface area (Å²) < 4.78 is 0. The molecule has 0 radical (unpaired) electrons. The number of carboxylic acid groups (broad SMARTS) is 5. The molecule has 0 aromatic carbocycles. The van der Waals surface area contributed by atoms with Crippen LogP contribution in [0.25, 0.3) is 0 Å². The molecular weight excluding hydrogens is 680 g/mol. The van der Waals surface area contributed by atoms with Gasteiger partial charge >= 0.3 is 29.8 Å². The molecule has 0 amide bonds. The van der Waals surface area contributed by atoms with Crippen LogP contribution in [0.4, 0.5) is 0 Å². The van der Waals surface area contributed by atoms with Gasteiger partial charge in [-0.3, -0.25) is 19.2 Å².